The molecule has 232 valence electrons. The van der Waals surface area contributed by atoms with Crippen LogP contribution in [0.5, 0.6) is 11.5 Å². The molecule has 42 heavy (non-hydrogen) atoms. The van der Waals surface area contributed by atoms with E-state index in [1.54, 1.807) is 7.11 Å². The van der Waals surface area contributed by atoms with E-state index in [0.717, 1.165) is 49.2 Å². The van der Waals surface area contributed by atoms with Crippen molar-refractivity contribution in [2.45, 2.75) is 82.5 Å². The Morgan fingerprint density at radius 2 is 1.81 bits per heavy atom. The highest BCUT2D eigenvalue weighted by Gasteiger charge is 2.59. The smallest absolute Gasteiger partial charge is 0.339 e. The molecule has 1 N–H and O–H groups in total. The Kier molecular flexibility index (Phi) is 9.72. The number of ether oxygens (including phenoxy) is 6. The first-order chi connectivity index (χ1) is 20.0. The van der Waals surface area contributed by atoms with Crippen molar-refractivity contribution >= 4 is 17.9 Å². The van der Waals surface area contributed by atoms with E-state index in [0.29, 0.717) is 17.9 Å². The summed E-state index contributed by atoms with van der Waals surface area (Å²) in [6.45, 7) is 7.33. The van der Waals surface area contributed by atoms with E-state index in [2.05, 4.69) is 15.7 Å². The maximum Gasteiger partial charge on any atom is 0.339 e. The van der Waals surface area contributed by atoms with Gasteiger partial charge in [-0.25, -0.2) is 4.79 Å². The summed E-state index contributed by atoms with van der Waals surface area (Å²) in [4.78, 5) is 37.9. The van der Waals surface area contributed by atoms with Crippen LogP contribution in [0.2, 0.25) is 0 Å². The van der Waals surface area contributed by atoms with Gasteiger partial charge in [0.05, 0.1) is 39.2 Å². The average molecular weight is 590 g/mol. The Labute approximate surface area is 247 Å². The van der Waals surface area contributed by atoms with Crippen LogP contribution in [0.15, 0.2) is 24.0 Å². The fourth-order valence-corrected chi connectivity index (χ4v) is 6.42. The van der Waals surface area contributed by atoms with Gasteiger partial charge in [0.15, 0.2) is 23.2 Å². The van der Waals surface area contributed by atoms with E-state index in [4.69, 9.17) is 23.7 Å². The fraction of sp³-hybridized carbons (Fsp3) is 0.645. The third kappa shape index (κ3) is 6.22. The highest BCUT2D eigenvalue weighted by atomic mass is 16.7. The minimum atomic E-state index is -2.00. The maximum absolute atomic E-state index is 13.7. The summed E-state index contributed by atoms with van der Waals surface area (Å²) in [6, 6.07) is 4.05. The number of esters is 3. The minimum absolute atomic E-state index is 0.0918. The fourth-order valence-electron chi connectivity index (χ4n) is 6.42. The Morgan fingerprint density at radius 3 is 2.43 bits per heavy atom. The van der Waals surface area contributed by atoms with Crippen LogP contribution >= 0.6 is 0 Å². The van der Waals surface area contributed by atoms with Gasteiger partial charge in [-0.1, -0.05) is 13.8 Å². The van der Waals surface area contributed by atoms with Gasteiger partial charge >= 0.3 is 17.9 Å². The molecule has 5 rings (SSSR count). The van der Waals surface area contributed by atoms with E-state index in [9.17, 15) is 19.5 Å². The van der Waals surface area contributed by atoms with Crippen LogP contribution < -0.4 is 9.47 Å². The number of methoxy groups -OCH3 is 3. The van der Waals surface area contributed by atoms with Gasteiger partial charge in [0, 0.05) is 13.5 Å². The van der Waals surface area contributed by atoms with Crippen LogP contribution in [0.3, 0.4) is 0 Å². The van der Waals surface area contributed by atoms with Gasteiger partial charge in [0.1, 0.15) is 5.76 Å². The number of hydrogen-bond donors (Lipinski definition) is 1. The van der Waals surface area contributed by atoms with Gasteiger partial charge < -0.3 is 33.5 Å². The van der Waals surface area contributed by atoms with Crippen molar-refractivity contribution in [3.05, 3.63) is 35.1 Å². The largest absolute Gasteiger partial charge is 0.497 e. The van der Waals surface area contributed by atoms with Gasteiger partial charge in [-0.2, -0.15) is 0 Å². The monoisotopic (exact) mass is 589 g/mol. The highest BCUT2D eigenvalue weighted by Crippen LogP contribution is 2.55. The molecule has 4 atom stereocenters. The number of carbonyl (C=O) groups is 3. The van der Waals surface area contributed by atoms with Gasteiger partial charge in [0.25, 0.3) is 0 Å². The standard InChI is InChI=1S/C28H37NO8.C3H6O2/c1-17(2)6-9-28(32,15-23(30)34-4)26(31)37-25-22(33-3)14-27-8-5-10-29(27)11-7-18-12-20-21(36-16-35-20)13-19(18)24(25)27;1-3(4)5-2/h12-14,17,24-25,32H,5-11,15-16H2,1-4H3;1-2H3/t24-,25-,27+,28-;/m1./s1. The van der Waals surface area contributed by atoms with E-state index < -0.39 is 30.1 Å². The Bertz CT molecular complexity index is 1210. The number of benzene rings is 1. The number of aliphatic hydroxyl groups is 1. The zero-order valence-electron chi connectivity index (χ0n) is 25.4. The number of fused-ring (bicyclic) bond motifs is 3. The number of carbonyl (C=O) groups excluding carboxylic acids is 3. The zero-order chi connectivity index (χ0) is 30.7. The lowest BCUT2D eigenvalue weighted by Gasteiger charge is -2.39. The van der Waals surface area contributed by atoms with Gasteiger partial charge in [0.2, 0.25) is 6.79 Å². The molecule has 0 bridgehead atoms. The predicted molar refractivity (Wildman–Crippen MR) is 151 cm³/mol. The lowest BCUT2D eigenvalue weighted by molar-refractivity contribution is -0.178. The van der Waals surface area contributed by atoms with Crippen molar-refractivity contribution in [1.29, 1.82) is 0 Å². The van der Waals surface area contributed by atoms with Crippen molar-refractivity contribution in [2.24, 2.45) is 5.92 Å². The zero-order valence-corrected chi connectivity index (χ0v) is 25.4. The molecule has 0 radical (unpaired) electrons. The molecule has 1 aromatic rings. The van der Waals surface area contributed by atoms with E-state index >= 15 is 0 Å². The number of rotatable bonds is 8. The average Bonchev–Trinajstić information content (AvgIpc) is 3.65. The highest BCUT2D eigenvalue weighted by molar-refractivity contribution is 5.86. The predicted octanol–water partition coefficient (Wildman–Crippen LogP) is 3.26. The van der Waals surface area contributed by atoms with Crippen LogP contribution in [0.4, 0.5) is 0 Å². The lowest BCUT2D eigenvalue weighted by atomic mass is 9.77. The molecule has 11 nitrogen and oxygen atoms in total. The van der Waals surface area contributed by atoms with Crippen LogP contribution in [0.25, 0.3) is 0 Å². The third-order valence-corrected chi connectivity index (χ3v) is 8.67. The van der Waals surface area contributed by atoms with Crippen molar-refractivity contribution < 1.29 is 47.9 Å². The van der Waals surface area contributed by atoms with Crippen molar-refractivity contribution in [1.82, 2.24) is 4.90 Å². The number of hydrogen-bond acceptors (Lipinski definition) is 11. The second kappa shape index (κ2) is 12.9. The number of nitrogens with zero attached hydrogens (tertiary/aromatic N) is 1. The summed E-state index contributed by atoms with van der Waals surface area (Å²) in [7, 11) is 4.17. The maximum atomic E-state index is 13.7. The molecule has 4 aliphatic rings. The van der Waals surface area contributed by atoms with Crippen molar-refractivity contribution in [3.63, 3.8) is 0 Å². The molecule has 1 fully saturated rings. The van der Waals surface area contributed by atoms with Crippen molar-refractivity contribution in [3.8, 4) is 11.5 Å². The van der Waals surface area contributed by atoms with Crippen LogP contribution in [-0.4, -0.2) is 86.4 Å². The molecule has 3 heterocycles. The second-order valence-electron chi connectivity index (χ2n) is 11.7. The summed E-state index contributed by atoms with van der Waals surface area (Å²) in [5.41, 5.74) is -0.217. The van der Waals surface area contributed by atoms with Crippen LogP contribution in [0, 0.1) is 5.92 Å². The minimum Gasteiger partial charge on any atom is -0.497 e. The van der Waals surface area contributed by atoms with Crippen LogP contribution in [-0.2, 0) is 39.8 Å². The molecule has 1 aromatic carbocycles. The molecular weight excluding hydrogens is 546 g/mol. The van der Waals surface area contributed by atoms with Crippen LogP contribution in [0.1, 0.15) is 69.9 Å². The van der Waals surface area contributed by atoms with Gasteiger partial charge in [-0.15, -0.1) is 0 Å². The SMILES string of the molecule is COC(=O)C[C@](O)(CCC(C)C)C(=O)O[C@@H]1C(OC)=C[C@]23CCCN2CCc2cc4c(cc2[C@H]13)OCO4.COC(C)=O. The molecule has 0 aromatic heterocycles. The summed E-state index contributed by atoms with van der Waals surface area (Å²) >= 11 is 0. The molecule has 1 aliphatic carbocycles. The van der Waals surface area contributed by atoms with Gasteiger partial charge in [-0.3, -0.25) is 14.5 Å². The third-order valence-electron chi connectivity index (χ3n) is 8.67. The molecule has 3 aliphatic heterocycles. The summed E-state index contributed by atoms with van der Waals surface area (Å²) in [5, 5.41) is 11.4. The summed E-state index contributed by atoms with van der Waals surface area (Å²) in [5.74, 6) is 0.185. The van der Waals surface area contributed by atoms with Crippen molar-refractivity contribution in [2.75, 3.05) is 41.2 Å². The molecular formula is C31H43NO10. The second-order valence-corrected chi connectivity index (χ2v) is 11.7. The molecule has 11 heteroatoms. The van der Waals surface area contributed by atoms with E-state index in [1.165, 1.54) is 21.1 Å². The first-order valence-electron chi connectivity index (χ1n) is 14.5. The van der Waals surface area contributed by atoms with Gasteiger partial charge in [-0.05, 0) is 73.9 Å². The Balaban J connectivity index is 0.000000748. The quantitative estimate of drug-likeness (QED) is 0.354. The summed E-state index contributed by atoms with van der Waals surface area (Å²) in [6.07, 6.45) is 4.26. The topological polar surface area (TPSA) is 130 Å². The molecule has 1 saturated heterocycles. The molecule has 0 amide bonds. The van der Waals surface area contributed by atoms with E-state index in [1.807, 2.05) is 26.0 Å². The first kappa shape index (κ1) is 31.6. The molecule has 0 saturated carbocycles. The lowest BCUT2D eigenvalue weighted by Crippen LogP contribution is -2.49. The first-order valence-corrected chi connectivity index (χ1v) is 14.5. The Hall–Kier alpha value is -3.31. The normalized spacial score (nSPS) is 25.0. The molecule has 1 spiro atoms. The summed E-state index contributed by atoms with van der Waals surface area (Å²) < 4.78 is 32.2. The van der Waals surface area contributed by atoms with E-state index in [-0.39, 0.29) is 36.6 Å². The Morgan fingerprint density at radius 1 is 1.12 bits per heavy atom. The molecule has 0 unspecified atom stereocenters.